The largest absolute Gasteiger partial charge is 0.443 e. The molecule has 2 aromatic heterocycles. The number of ketones is 1. The number of ether oxygens (including phenoxy) is 1. The van der Waals surface area contributed by atoms with Crippen LogP contribution in [-0.2, 0) is 11.2 Å². The van der Waals surface area contributed by atoms with Crippen molar-refractivity contribution in [1.82, 2.24) is 14.5 Å². The first-order valence-corrected chi connectivity index (χ1v) is 10.8. The molecular formula is C26H25N5O3. The Balaban J connectivity index is 1.84. The monoisotopic (exact) mass is 455 g/mol. The van der Waals surface area contributed by atoms with E-state index in [0.29, 0.717) is 22.2 Å². The summed E-state index contributed by atoms with van der Waals surface area (Å²) in [6, 6.07) is 15.8. The zero-order valence-corrected chi connectivity index (χ0v) is 19.2. The second-order valence-corrected chi connectivity index (χ2v) is 8.88. The van der Waals surface area contributed by atoms with Crippen molar-refractivity contribution in [2.75, 3.05) is 5.73 Å². The van der Waals surface area contributed by atoms with E-state index < -0.39 is 11.7 Å². The number of anilines is 1. The zero-order chi connectivity index (χ0) is 24.5. The van der Waals surface area contributed by atoms with Crippen LogP contribution in [0.5, 0.6) is 0 Å². The summed E-state index contributed by atoms with van der Waals surface area (Å²) in [6.45, 7) is 5.24. The third-order valence-electron chi connectivity index (χ3n) is 5.10. The fourth-order valence-corrected chi connectivity index (χ4v) is 3.57. The molecule has 0 bridgehead atoms. The Labute approximate surface area is 196 Å². The van der Waals surface area contributed by atoms with Crippen molar-refractivity contribution < 1.29 is 14.3 Å². The van der Waals surface area contributed by atoms with Crippen molar-refractivity contribution in [1.29, 1.82) is 5.41 Å². The fourth-order valence-electron chi connectivity index (χ4n) is 3.57. The maximum atomic E-state index is 13.2. The van der Waals surface area contributed by atoms with E-state index in [1.165, 1.54) is 4.57 Å². The van der Waals surface area contributed by atoms with Crippen molar-refractivity contribution in [2.24, 2.45) is 0 Å². The predicted octanol–water partition coefficient (Wildman–Crippen LogP) is 4.64. The summed E-state index contributed by atoms with van der Waals surface area (Å²) in [5.41, 5.74) is 8.57. The van der Waals surface area contributed by atoms with E-state index in [1.807, 2.05) is 30.3 Å². The van der Waals surface area contributed by atoms with Crippen molar-refractivity contribution >= 4 is 34.3 Å². The lowest BCUT2D eigenvalue weighted by Crippen LogP contribution is -2.29. The summed E-state index contributed by atoms with van der Waals surface area (Å²) in [7, 11) is 0. The van der Waals surface area contributed by atoms with Crippen molar-refractivity contribution in [3.05, 3.63) is 89.5 Å². The van der Waals surface area contributed by atoms with Crippen LogP contribution in [0.3, 0.4) is 0 Å². The topological polar surface area (TPSA) is 124 Å². The van der Waals surface area contributed by atoms with Gasteiger partial charge in [-0.25, -0.2) is 14.3 Å². The Kier molecular flexibility index (Phi) is 5.98. The molecule has 0 amide bonds. The highest BCUT2D eigenvalue weighted by molar-refractivity contribution is 6.16. The van der Waals surface area contributed by atoms with Crippen LogP contribution >= 0.6 is 0 Å². The first-order chi connectivity index (χ1) is 16.1. The average molecular weight is 456 g/mol. The van der Waals surface area contributed by atoms with Crippen LogP contribution in [0.2, 0.25) is 0 Å². The van der Waals surface area contributed by atoms with E-state index in [-0.39, 0.29) is 29.4 Å². The normalized spacial score (nSPS) is 11.4. The second-order valence-electron chi connectivity index (χ2n) is 8.88. The standard InChI is InChI=1S/C26H25N5O3/c1-26(2,3)34-25(33)31-21-15-19(27)18(23(28)17-9-11-29-12-10-17)14-20(21)30-24(31)22(32)13-16-7-5-4-6-8-16/h4-12,14-15,28H,13,27H2,1-3H3. The van der Waals surface area contributed by atoms with Gasteiger partial charge in [0.05, 0.1) is 16.7 Å². The van der Waals surface area contributed by atoms with Gasteiger partial charge in [-0.2, -0.15) is 0 Å². The summed E-state index contributed by atoms with van der Waals surface area (Å²) < 4.78 is 6.73. The number of aromatic nitrogens is 3. The molecule has 2 aromatic carbocycles. The van der Waals surface area contributed by atoms with E-state index in [2.05, 4.69) is 9.97 Å². The van der Waals surface area contributed by atoms with Crippen LogP contribution in [0.4, 0.5) is 10.5 Å². The van der Waals surface area contributed by atoms with Crippen molar-refractivity contribution in [3.8, 4) is 0 Å². The van der Waals surface area contributed by atoms with Crippen LogP contribution in [0.15, 0.2) is 67.0 Å². The lowest BCUT2D eigenvalue weighted by molar-refractivity contribution is 0.0534. The molecule has 0 aliphatic carbocycles. The molecule has 0 spiro atoms. The minimum atomic E-state index is -0.775. The van der Waals surface area contributed by atoms with Gasteiger partial charge in [-0.05, 0) is 50.6 Å². The van der Waals surface area contributed by atoms with Gasteiger partial charge >= 0.3 is 6.09 Å². The highest BCUT2D eigenvalue weighted by atomic mass is 16.6. The number of imidazole rings is 1. The molecule has 172 valence electrons. The molecule has 8 heteroatoms. The van der Waals surface area contributed by atoms with Crippen LogP contribution in [0.1, 0.15) is 48.1 Å². The predicted molar refractivity (Wildman–Crippen MR) is 130 cm³/mol. The molecule has 3 N–H and O–H groups in total. The average Bonchev–Trinajstić information content (AvgIpc) is 3.17. The number of Topliss-reactive ketones (excluding diaryl/α,β-unsaturated/α-hetero) is 1. The lowest BCUT2D eigenvalue weighted by atomic mass is 10.0. The smallest absolute Gasteiger partial charge is 0.420 e. The number of nitrogens with one attached hydrogen (secondary N) is 1. The molecule has 4 rings (SSSR count). The molecule has 2 heterocycles. The number of fused-ring (bicyclic) bond motifs is 1. The van der Waals surface area contributed by atoms with Gasteiger partial charge in [0.1, 0.15) is 5.60 Å². The molecule has 0 unspecified atom stereocenters. The van der Waals surface area contributed by atoms with Gasteiger partial charge in [0.25, 0.3) is 0 Å². The number of nitrogen functional groups attached to an aromatic ring is 1. The van der Waals surface area contributed by atoms with Crippen LogP contribution in [-0.4, -0.2) is 37.7 Å². The third kappa shape index (κ3) is 4.71. The number of rotatable bonds is 5. The molecule has 0 fully saturated rings. The van der Waals surface area contributed by atoms with E-state index >= 15 is 0 Å². The lowest BCUT2D eigenvalue weighted by Gasteiger charge is -2.20. The fraction of sp³-hybridized carbons (Fsp3) is 0.192. The number of hydrogen-bond donors (Lipinski definition) is 2. The number of carbonyl (C=O) groups is 2. The number of nitrogens with zero attached hydrogens (tertiary/aromatic N) is 3. The van der Waals surface area contributed by atoms with Gasteiger partial charge in [-0.15, -0.1) is 0 Å². The molecule has 8 nitrogen and oxygen atoms in total. The zero-order valence-electron chi connectivity index (χ0n) is 19.2. The van der Waals surface area contributed by atoms with E-state index in [0.717, 1.165) is 5.56 Å². The van der Waals surface area contributed by atoms with Gasteiger partial charge in [0.15, 0.2) is 5.82 Å². The van der Waals surface area contributed by atoms with Crippen LogP contribution in [0.25, 0.3) is 11.0 Å². The molecule has 0 aliphatic heterocycles. The molecule has 0 radical (unpaired) electrons. The van der Waals surface area contributed by atoms with Gasteiger partial charge in [-0.3, -0.25) is 15.2 Å². The van der Waals surface area contributed by atoms with Gasteiger partial charge in [-0.1, -0.05) is 30.3 Å². The maximum Gasteiger partial charge on any atom is 0.420 e. The Bertz CT molecular complexity index is 1390. The maximum absolute atomic E-state index is 13.2. The Morgan fingerprint density at radius 1 is 1.06 bits per heavy atom. The minimum Gasteiger partial charge on any atom is -0.443 e. The summed E-state index contributed by atoms with van der Waals surface area (Å²) in [5.74, 6) is -0.377. The number of carbonyl (C=O) groups excluding carboxylic acids is 2. The summed E-state index contributed by atoms with van der Waals surface area (Å²) >= 11 is 0. The van der Waals surface area contributed by atoms with E-state index in [1.54, 1.807) is 57.4 Å². The Morgan fingerprint density at radius 2 is 1.74 bits per heavy atom. The highest BCUT2D eigenvalue weighted by Gasteiger charge is 2.27. The summed E-state index contributed by atoms with van der Waals surface area (Å²) in [4.78, 5) is 34.8. The molecule has 0 aliphatic rings. The van der Waals surface area contributed by atoms with Gasteiger partial charge in [0, 0.05) is 35.6 Å². The first kappa shape index (κ1) is 22.8. The van der Waals surface area contributed by atoms with E-state index in [9.17, 15) is 9.59 Å². The van der Waals surface area contributed by atoms with Crippen molar-refractivity contribution in [3.63, 3.8) is 0 Å². The SMILES string of the molecule is CC(C)(C)OC(=O)n1c(C(=O)Cc2ccccc2)nc2cc(C(=N)c3ccncc3)c(N)cc21. The molecule has 34 heavy (non-hydrogen) atoms. The number of hydrogen-bond acceptors (Lipinski definition) is 7. The van der Waals surface area contributed by atoms with Crippen LogP contribution < -0.4 is 5.73 Å². The third-order valence-corrected chi connectivity index (χ3v) is 5.10. The Morgan fingerprint density at radius 3 is 2.38 bits per heavy atom. The molecule has 0 saturated heterocycles. The quantitative estimate of drug-likeness (QED) is 0.257. The molecule has 0 saturated carbocycles. The Hall–Kier alpha value is -4.33. The minimum absolute atomic E-state index is 0.0416. The number of pyridine rings is 1. The second kappa shape index (κ2) is 8.90. The summed E-state index contributed by atoms with van der Waals surface area (Å²) in [5, 5.41) is 8.58. The highest BCUT2D eigenvalue weighted by Crippen LogP contribution is 2.27. The number of benzene rings is 2. The van der Waals surface area contributed by atoms with E-state index in [4.69, 9.17) is 15.9 Å². The molecular weight excluding hydrogens is 430 g/mol. The van der Waals surface area contributed by atoms with Gasteiger partial charge < -0.3 is 10.5 Å². The van der Waals surface area contributed by atoms with Crippen LogP contribution in [0, 0.1) is 5.41 Å². The molecule has 0 atom stereocenters. The van der Waals surface area contributed by atoms with Crippen molar-refractivity contribution in [2.45, 2.75) is 32.8 Å². The summed E-state index contributed by atoms with van der Waals surface area (Å²) in [6.07, 6.45) is 2.54. The first-order valence-electron chi connectivity index (χ1n) is 10.8. The van der Waals surface area contributed by atoms with Gasteiger partial charge in [0.2, 0.25) is 5.78 Å². The number of nitrogens with two attached hydrogens (primary N) is 1. The molecule has 4 aromatic rings.